The Morgan fingerprint density at radius 3 is 1.79 bits per heavy atom. The molecule has 0 saturated carbocycles. The number of rotatable bonds is 0. The van der Waals surface area contributed by atoms with Crippen LogP contribution in [0.3, 0.4) is 0 Å². The van der Waals surface area contributed by atoms with E-state index in [0.29, 0.717) is 0 Å². The van der Waals surface area contributed by atoms with Gasteiger partial charge in [-0.2, -0.15) is 0 Å². The van der Waals surface area contributed by atoms with Gasteiger partial charge < -0.3 is 4.98 Å². The highest BCUT2D eigenvalue weighted by Gasteiger charge is 1.88. The van der Waals surface area contributed by atoms with Crippen LogP contribution in [-0.4, -0.2) is 9.97 Å². The number of nitrogens with zero attached hydrogens (tertiary/aromatic N) is 1. The predicted molar refractivity (Wildman–Crippen MR) is 88.5 cm³/mol. The molecule has 2 aromatic heterocycles. The first-order valence-corrected chi connectivity index (χ1v) is 7.31. The predicted octanol–water partition coefficient (Wildman–Crippen LogP) is 5.91. The minimum absolute atomic E-state index is 0.833. The molecular formula is C17H32N2. The summed E-state index contributed by atoms with van der Waals surface area (Å²) in [5.74, 6) is 1.67. The fourth-order valence-electron chi connectivity index (χ4n) is 0.883. The van der Waals surface area contributed by atoms with Crippen molar-refractivity contribution in [3.63, 3.8) is 0 Å². The SMILES string of the molecule is CC.CC(C)C.CC(C)C.c1cnc2[nH]ccc2c1. The van der Waals surface area contributed by atoms with Crippen LogP contribution < -0.4 is 0 Å². The summed E-state index contributed by atoms with van der Waals surface area (Å²) in [6, 6.07) is 5.96. The number of hydrogen-bond acceptors (Lipinski definition) is 1. The van der Waals surface area contributed by atoms with Gasteiger partial charge in [0.15, 0.2) is 0 Å². The Morgan fingerprint density at radius 2 is 1.37 bits per heavy atom. The zero-order valence-corrected chi connectivity index (χ0v) is 14.0. The maximum absolute atomic E-state index is 4.09. The second-order valence-electron chi connectivity index (χ2n) is 5.38. The first-order valence-electron chi connectivity index (χ1n) is 7.31. The second-order valence-corrected chi connectivity index (χ2v) is 5.38. The Morgan fingerprint density at radius 1 is 0.895 bits per heavy atom. The van der Waals surface area contributed by atoms with Crippen LogP contribution >= 0.6 is 0 Å². The van der Waals surface area contributed by atoms with E-state index in [-0.39, 0.29) is 0 Å². The molecule has 1 N–H and O–H groups in total. The lowest BCUT2D eigenvalue weighted by molar-refractivity contribution is 0.736. The fourth-order valence-corrected chi connectivity index (χ4v) is 0.883. The van der Waals surface area contributed by atoms with Gasteiger partial charge in [-0.25, -0.2) is 4.98 Å². The molecule has 2 nitrogen and oxygen atoms in total. The van der Waals surface area contributed by atoms with Crippen LogP contribution in [0.5, 0.6) is 0 Å². The van der Waals surface area contributed by atoms with Crippen molar-refractivity contribution in [3.8, 4) is 0 Å². The number of aromatic amines is 1. The van der Waals surface area contributed by atoms with E-state index >= 15 is 0 Å². The third-order valence-corrected chi connectivity index (χ3v) is 1.32. The van der Waals surface area contributed by atoms with E-state index in [1.54, 1.807) is 6.20 Å². The van der Waals surface area contributed by atoms with Crippen LogP contribution in [0.15, 0.2) is 30.6 Å². The Kier molecular flexibility index (Phi) is 13.8. The zero-order valence-electron chi connectivity index (χ0n) is 14.0. The van der Waals surface area contributed by atoms with E-state index in [4.69, 9.17) is 0 Å². The van der Waals surface area contributed by atoms with E-state index in [2.05, 4.69) is 51.5 Å². The van der Waals surface area contributed by atoms with Crippen molar-refractivity contribution < 1.29 is 0 Å². The highest BCUT2D eigenvalue weighted by atomic mass is 14.8. The molecule has 2 heteroatoms. The van der Waals surface area contributed by atoms with Gasteiger partial charge in [0.25, 0.3) is 0 Å². The molecule has 0 spiro atoms. The highest BCUT2D eigenvalue weighted by Crippen LogP contribution is 2.05. The minimum atomic E-state index is 0.833. The van der Waals surface area contributed by atoms with Gasteiger partial charge in [-0.1, -0.05) is 55.4 Å². The molecule has 19 heavy (non-hydrogen) atoms. The number of aromatic nitrogens is 2. The van der Waals surface area contributed by atoms with Gasteiger partial charge in [-0.05, 0) is 30.0 Å². The van der Waals surface area contributed by atoms with E-state index in [1.165, 1.54) is 0 Å². The van der Waals surface area contributed by atoms with Crippen molar-refractivity contribution in [2.75, 3.05) is 0 Å². The van der Waals surface area contributed by atoms with Crippen LogP contribution in [0.4, 0.5) is 0 Å². The second kappa shape index (κ2) is 13.1. The average Bonchev–Trinajstić information content (AvgIpc) is 2.78. The maximum Gasteiger partial charge on any atom is 0.137 e. The Balaban J connectivity index is 0. The summed E-state index contributed by atoms with van der Waals surface area (Å²) in [5, 5.41) is 1.16. The Labute approximate surface area is 119 Å². The van der Waals surface area contributed by atoms with Crippen molar-refractivity contribution >= 4 is 11.0 Å². The molecule has 0 saturated heterocycles. The summed E-state index contributed by atoms with van der Waals surface area (Å²) in [7, 11) is 0. The number of fused-ring (bicyclic) bond motifs is 1. The van der Waals surface area contributed by atoms with Gasteiger partial charge in [0.1, 0.15) is 5.65 Å². The van der Waals surface area contributed by atoms with Crippen molar-refractivity contribution in [2.45, 2.75) is 55.4 Å². The maximum atomic E-state index is 4.09. The third kappa shape index (κ3) is 14.6. The Hall–Kier alpha value is -1.31. The first-order chi connectivity index (χ1) is 8.93. The zero-order chi connectivity index (χ0) is 15.3. The van der Waals surface area contributed by atoms with Crippen molar-refractivity contribution in [1.29, 1.82) is 0 Å². The molecule has 0 aliphatic rings. The highest BCUT2D eigenvalue weighted by molar-refractivity contribution is 5.74. The summed E-state index contributed by atoms with van der Waals surface area (Å²) in [4.78, 5) is 7.09. The summed E-state index contributed by atoms with van der Waals surface area (Å²) < 4.78 is 0. The summed E-state index contributed by atoms with van der Waals surface area (Å²) in [6.07, 6.45) is 3.66. The molecule has 0 fully saturated rings. The van der Waals surface area contributed by atoms with Gasteiger partial charge in [0.05, 0.1) is 0 Å². The number of hydrogen-bond donors (Lipinski definition) is 1. The van der Waals surface area contributed by atoms with Gasteiger partial charge in [-0.3, -0.25) is 0 Å². The van der Waals surface area contributed by atoms with Crippen molar-refractivity contribution in [2.24, 2.45) is 11.8 Å². The van der Waals surface area contributed by atoms with E-state index in [9.17, 15) is 0 Å². The van der Waals surface area contributed by atoms with Crippen LogP contribution in [0, 0.1) is 11.8 Å². The third-order valence-electron chi connectivity index (χ3n) is 1.32. The quantitative estimate of drug-likeness (QED) is 0.629. The molecule has 0 aliphatic heterocycles. The van der Waals surface area contributed by atoms with Gasteiger partial charge in [0, 0.05) is 17.8 Å². The van der Waals surface area contributed by atoms with Crippen LogP contribution in [0.25, 0.3) is 11.0 Å². The molecule has 0 amide bonds. The average molecular weight is 264 g/mol. The summed E-state index contributed by atoms with van der Waals surface area (Å²) in [6.45, 7) is 17.0. The summed E-state index contributed by atoms with van der Waals surface area (Å²) >= 11 is 0. The molecule has 110 valence electrons. The Bertz CT molecular complexity index is 347. The molecule has 0 bridgehead atoms. The molecule has 0 atom stereocenters. The van der Waals surface area contributed by atoms with Crippen LogP contribution in [0.1, 0.15) is 55.4 Å². The molecule has 0 aromatic carbocycles. The number of H-pyrrole nitrogens is 1. The molecule has 2 rings (SSSR count). The smallest absolute Gasteiger partial charge is 0.137 e. The van der Waals surface area contributed by atoms with E-state index < -0.39 is 0 Å². The minimum Gasteiger partial charge on any atom is -0.346 e. The normalized spacial score (nSPS) is 8.95. The van der Waals surface area contributed by atoms with Gasteiger partial charge in [-0.15, -0.1) is 0 Å². The summed E-state index contributed by atoms with van der Waals surface area (Å²) in [5.41, 5.74) is 0.956. The molecule has 0 radical (unpaired) electrons. The van der Waals surface area contributed by atoms with Crippen molar-refractivity contribution in [3.05, 3.63) is 30.6 Å². The number of pyridine rings is 1. The van der Waals surface area contributed by atoms with Gasteiger partial charge >= 0.3 is 0 Å². The van der Waals surface area contributed by atoms with Crippen LogP contribution in [-0.2, 0) is 0 Å². The molecule has 0 aliphatic carbocycles. The van der Waals surface area contributed by atoms with Crippen LogP contribution in [0.2, 0.25) is 0 Å². The topological polar surface area (TPSA) is 28.7 Å². The van der Waals surface area contributed by atoms with Gasteiger partial charge in [0.2, 0.25) is 0 Å². The monoisotopic (exact) mass is 264 g/mol. The number of nitrogens with one attached hydrogen (secondary N) is 1. The lowest BCUT2D eigenvalue weighted by Gasteiger charge is -1.82. The molecular weight excluding hydrogens is 232 g/mol. The standard InChI is InChI=1S/C7H6N2.2C4H10.C2H6/c1-2-6-3-5-9-7(6)8-4-1;2*1-4(2)3;1-2/h1-5H,(H,8,9);2*4H,1-3H3;1-2H3. The molecule has 0 unspecified atom stereocenters. The molecule has 2 aromatic rings. The molecule has 2 heterocycles. The fraction of sp³-hybridized carbons (Fsp3) is 0.588. The van der Waals surface area contributed by atoms with Crippen molar-refractivity contribution in [1.82, 2.24) is 9.97 Å². The van der Waals surface area contributed by atoms with E-state index in [0.717, 1.165) is 22.9 Å². The largest absolute Gasteiger partial charge is 0.346 e. The lowest BCUT2D eigenvalue weighted by Crippen LogP contribution is -1.70. The first kappa shape index (κ1) is 20.0. The lowest BCUT2D eigenvalue weighted by atomic mass is 10.3. The van der Waals surface area contributed by atoms with E-state index in [1.807, 2.05) is 38.2 Å².